The second kappa shape index (κ2) is 9.93. The molecule has 2 fully saturated rings. The Labute approximate surface area is 187 Å². The molecule has 168 valence electrons. The van der Waals surface area contributed by atoms with Gasteiger partial charge in [0.15, 0.2) is 0 Å². The van der Waals surface area contributed by atoms with Crippen molar-refractivity contribution in [3.05, 3.63) is 65.5 Å². The summed E-state index contributed by atoms with van der Waals surface area (Å²) in [6.07, 6.45) is 4.03. The zero-order chi connectivity index (χ0) is 22.5. The fourth-order valence-corrected chi connectivity index (χ4v) is 4.31. The molecule has 2 aliphatic heterocycles. The minimum atomic E-state index is -0.675. The average Bonchev–Trinajstić information content (AvgIpc) is 3.10. The quantitative estimate of drug-likeness (QED) is 0.378. The second-order valence-corrected chi connectivity index (χ2v) is 7.97. The first kappa shape index (κ1) is 22.0. The van der Waals surface area contributed by atoms with Crippen LogP contribution in [-0.4, -0.2) is 73.2 Å². The first-order valence-corrected chi connectivity index (χ1v) is 10.8. The summed E-state index contributed by atoms with van der Waals surface area (Å²) in [5.41, 5.74) is 1.24. The number of aliphatic hydroxyl groups excluding tert-OH is 1. The van der Waals surface area contributed by atoms with Crippen molar-refractivity contribution in [2.24, 2.45) is 0 Å². The van der Waals surface area contributed by atoms with Gasteiger partial charge in [0.2, 0.25) is 0 Å². The van der Waals surface area contributed by atoms with E-state index in [-0.39, 0.29) is 11.3 Å². The van der Waals surface area contributed by atoms with Gasteiger partial charge in [-0.15, -0.1) is 0 Å². The Bertz CT molecular complexity index is 984. The summed E-state index contributed by atoms with van der Waals surface area (Å²) >= 11 is 0. The molecule has 0 bridgehead atoms. The molecule has 0 saturated carbocycles. The number of aliphatic hydroxyl groups is 1. The molecule has 1 atom stereocenters. The molecule has 32 heavy (non-hydrogen) atoms. The lowest BCUT2D eigenvalue weighted by Gasteiger charge is -2.27. The van der Waals surface area contributed by atoms with Gasteiger partial charge in [0.25, 0.3) is 11.7 Å². The van der Waals surface area contributed by atoms with Crippen molar-refractivity contribution < 1.29 is 29.1 Å². The van der Waals surface area contributed by atoms with Gasteiger partial charge in [0.05, 0.1) is 38.5 Å². The number of hydrogen-bond donors (Lipinski definition) is 2. The van der Waals surface area contributed by atoms with Gasteiger partial charge in [-0.05, 0) is 35.9 Å². The van der Waals surface area contributed by atoms with E-state index < -0.39 is 17.7 Å². The van der Waals surface area contributed by atoms with Crippen LogP contribution in [0.2, 0.25) is 0 Å². The number of ether oxygens (including phenoxy) is 2. The van der Waals surface area contributed by atoms with E-state index in [2.05, 4.69) is 4.98 Å². The maximum absolute atomic E-state index is 13.0. The summed E-state index contributed by atoms with van der Waals surface area (Å²) in [5, 5.41) is 11.1. The molecule has 2 aliphatic rings. The molecule has 1 amide bonds. The van der Waals surface area contributed by atoms with Gasteiger partial charge in [0.1, 0.15) is 24.6 Å². The van der Waals surface area contributed by atoms with E-state index in [1.807, 2.05) is 6.07 Å². The number of amides is 1. The third-order valence-electron chi connectivity index (χ3n) is 6.03. The fourth-order valence-electron chi connectivity index (χ4n) is 4.31. The minimum absolute atomic E-state index is 0.0897. The van der Waals surface area contributed by atoms with Crippen LogP contribution in [0, 0.1) is 0 Å². The maximum atomic E-state index is 13.0. The zero-order valence-corrected chi connectivity index (χ0v) is 18.1. The van der Waals surface area contributed by atoms with Crippen LogP contribution in [-0.2, 0) is 14.3 Å². The van der Waals surface area contributed by atoms with Crippen LogP contribution in [0.3, 0.4) is 0 Å². The molecular formula is C24H28N3O5+. The van der Waals surface area contributed by atoms with Crippen LogP contribution in [0.25, 0.3) is 5.76 Å². The van der Waals surface area contributed by atoms with Gasteiger partial charge < -0.3 is 24.4 Å². The highest BCUT2D eigenvalue weighted by Gasteiger charge is 2.46. The Hall–Kier alpha value is -3.23. The van der Waals surface area contributed by atoms with Gasteiger partial charge in [-0.1, -0.05) is 6.07 Å². The Morgan fingerprint density at radius 1 is 1.22 bits per heavy atom. The molecule has 0 spiro atoms. The number of rotatable bonds is 7. The number of likely N-dealkylation sites (tertiary alicyclic amines) is 1. The number of benzene rings is 1. The number of nitrogens with zero attached hydrogens (tertiary/aromatic N) is 2. The summed E-state index contributed by atoms with van der Waals surface area (Å²) in [6, 6.07) is 9.66. The Morgan fingerprint density at radius 3 is 2.62 bits per heavy atom. The first-order valence-electron chi connectivity index (χ1n) is 10.8. The Balaban J connectivity index is 1.64. The molecule has 1 aromatic heterocycles. The van der Waals surface area contributed by atoms with Crippen LogP contribution >= 0.6 is 0 Å². The predicted molar refractivity (Wildman–Crippen MR) is 117 cm³/mol. The standard InChI is InChI=1S/C24H27N3O5/c1-31-19-7-5-17(6-8-19)22(28)20-21(18-4-2-9-25-16-18)27(24(30)23(20)29)11-3-10-26-12-14-32-15-13-26/h2,4-9,16,21,28H,3,10-15H2,1H3/p+1/t21-/m0/s1. The first-order chi connectivity index (χ1) is 15.6. The summed E-state index contributed by atoms with van der Waals surface area (Å²) in [6.45, 7) is 4.71. The smallest absolute Gasteiger partial charge is 0.295 e. The topological polar surface area (TPSA) is 93.4 Å². The van der Waals surface area contributed by atoms with E-state index in [0.29, 0.717) is 23.4 Å². The number of Topliss-reactive ketones (excluding diaryl/α,β-unsaturated/α-hetero) is 1. The summed E-state index contributed by atoms with van der Waals surface area (Å²) in [4.78, 5) is 33.2. The van der Waals surface area contributed by atoms with Crippen molar-refractivity contribution in [3.8, 4) is 5.75 Å². The van der Waals surface area contributed by atoms with Gasteiger partial charge in [0, 0.05) is 30.9 Å². The number of pyridine rings is 1. The molecule has 8 heteroatoms. The molecule has 4 rings (SSSR count). The Morgan fingerprint density at radius 2 is 1.97 bits per heavy atom. The zero-order valence-electron chi connectivity index (χ0n) is 18.1. The van der Waals surface area contributed by atoms with E-state index in [0.717, 1.165) is 39.3 Å². The number of hydrogen-bond acceptors (Lipinski definition) is 6. The number of methoxy groups -OCH3 is 1. The van der Waals surface area contributed by atoms with Crippen molar-refractivity contribution in [1.29, 1.82) is 0 Å². The third-order valence-corrected chi connectivity index (χ3v) is 6.03. The SMILES string of the molecule is COc1ccc(C(O)=C2C(=O)C(=O)N(CCC[NH+]3CCOCC3)[C@H]2c2cccnc2)cc1. The molecule has 2 N–H and O–H groups in total. The summed E-state index contributed by atoms with van der Waals surface area (Å²) in [7, 11) is 1.56. The van der Waals surface area contributed by atoms with Gasteiger partial charge in [-0.2, -0.15) is 0 Å². The minimum Gasteiger partial charge on any atom is -0.507 e. The maximum Gasteiger partial charge on any atom is 0.295 e. The predicted octanol–water partition coefficient (Wildman–Crippen LogP) is 0.817. The molecule has 2 aromatic rings. The van der Waals surface area contributed by atoms with Crippen molar-refractivity contribution >= 4 is 17.4 Å². The number of morpholine rings is 1. The van der Waals surface area contributed by atoms with Crippen LogP contribution in [0.1, 0.15) is 23.6 Å². The van der Waals surface area contributed by atoms with Gasteiger partial charge in [-0.25, -0.2) is 0 Å². The number of ketones is 1. The molecule has 0 unspecified atom stereocenters. The highest BCUT2D eigenvalue weighted by atomic mass is 16.5. The Kier molecular flexibility index (Phi) is 6.82. The van der Waals surface area contributed by atoms with E-state index in [4.69, 9.17) is 9.47 Å². The number of carbonyl (C=O) groups excluding carboxylic acids is 2. The van der Waals surface area contributed by atoms with Crippen molar-refractivity contribution in [1.82, 2.24) is 9.88 Å². The largest absolute Gasteiger partial charge is 0.507 e. The fraction of sp³-hybridized carbons (Fsp3) is 0.375. The molecule has 3 heterocycles. The van der Waals surface area contributed by atoms with Crippen LogP contribution in [0.15, 0.2) is 54.4 Å². The molecule has 0 radical (unpaired) electrons. The van der Waals surface area contributed by atoms with E-state index in [9.17, 15) is 14.7 Å². The molecule has 8 nitrogen and oxygen atoms in total. The van der Waals surface area contributed by atoms with Crippen molar-refractivity contribution in [2.75, 3.05) is 46.5 Å². The highest BCUT2D eigenvalue weighted by molar-refractivity contribution is 6.46. The van der Waals surface area contributed by atoms with Gasteiger partial charge in [-0.3, -0.25) is 14.6 Å². The molecule has 0 aliphatic carbocycles. The van der Waals surface area contributed by atoms with E-state index in [1.54, 1.807) is 54.7 Å². The lowest BCUT2D eigenvalue weighted by atomic mass is 9.96. The van der Waals surface area contributed by atoms with Gasteiger partial charge >= 0.3 is 0 Å². The lowest BCUT2D eigenvalue weighted by Crippen LogP contribution is -3.14. The monoisotopic (exact) mass is 438 g/mol. The van der Waals surface area contributed by atoms with Crippen molar-refractivity contribution in [3.63, 3.8) is 0 Å². The van der Waals surface area contributed by atoms with E-state index in [1.165, 1.54) is 4.90 Å². The van der Waals surface area contributed by atoms with Crippen molar-refractivity contribution in [2.45, 2.75) is 12.5 Å². The molecule has 2 saturated heterocycles. The second-order valence-electron chi connectivity index (χ2n) is 7.97. The highest BCUT2D eigenvalue weighted by Crippen LogP contribution is 2.39. The number of quaternary nitrogens is 1. The molecular weight excluding hydrogens is 410 g/mol. The summed E-state index contributed by atoms with van der Waals surface area (Å²) in [5.74, 6) is -0.825. The number of carbonyl (C=O) groups is 2. The van der Waals surface area contributed by atoms with Crippen LogP contribution in [0.5, 0.6) is 5.75 Å². The average molecular weight is 439 g/mol. The number of nitrogens with one attached hydrogen (secondary N) is 1. The lowest BCUT2D eigenvalue weighted by molar-refractivity contribution is -0.908. The molecule has 1 aromatic carbocycles. The summed E-state index contributed by atoms with van der Waals surface area (Å²) < 4.78 is 10.6. The van der Waals surface area contributed by atoms with Crippen LogP contribution < -0.4 is 9.64 Å². The number of aromatic nitrogens is 1. The van der Waals surface area contributed by atoms with E-state index >= 15 is 0 Å². The normalized spacial score (nSPS) is 21.2. The van der Waals surface area contributed by atoms with Crippen LogP contribution in [0.4, 0.5) is 0 Å². The third kappa shape index (κ3) is 4.51.